The maximum atomic E-state index is 13.2. The Hall–Kier alpha value is -2.95. The number of aromatic nitrogens is 2. The minimum absolute atomic E-state index is 0.0492. The van der Waals surface area contributed by atoms with E-state index in [-0.39, 0.29) is 18.1 Å². The number of pyridine rings is 2. The first-order valence-electron chi connectivity index (χ1n) is 10.3. The standard InChI is InChI=1S/C22H20N2O3.C2H6/c1-4-22(3)16-9-18-19-14(12(2)13-7-5-6-8-17(13)23-19)10-24(18)20(25)15(16)11-27-21(22)26;1-2/h5-9H,4,10-11H2,1-3H3;1-2H3/t22-;/m1./s1. The molecule has 5 heteroatoms. The van der Waals surface area contributed by atoms with E-state index in [1.54, 1.807) is 4.57 Å². The molecule has 0 amide bonds. The number of rotatable bonds is 1. The first kappa shape index (κ1) is 19.4. The molecule has 29 heavy (non-hydrogen) atoms. The van der Waals surface area contributed by atoms with E-state index in [0.29, 0.717) is 18.5 Å². The van der Waals surface area contributed by atoms with Gasteiger partial charge in [0.05, 0.1) is 34.4 Å². The number of carbonyl (C=O) groups excluding carboxylic acids is 1. The summed E-state index contributed by atoms with van der Waals surface area (Å²) in [6, 6.07) is 10.0. The zero-order chi connectivity index (χ0) is 20.9. The number of fused-ring (bicyclic) bond motifs is 5. The van der Waals surface area contributed by atoms with E-state index < -0.39 is 5.41 Å². The van der Waals surface area contributed by atoms with Crippen molar-refractivity contribution < 1.29 is 9.53 Å². The van der Waals surface area contributed by atoms with Gasteiger partial charge in [0.25, 0.3) is 5.56 Å². The molecule has 0 saturated heterocycles. The van der Waals surface area contributed by atoms with Gasteiger partial charge in [-0.15, -0.1) is 0 Å². The van der Waals surface area contributed by atoms with E-state index in [1.165, 1.54) is 0 Å². The zero-order valence-electron chi connectivity index (χ0n) is 17.6. The topological polar surface area (TPSA) is 61.2 Å². The molecule has 4 heterocycles. The summed E-state index contributed by atoms with van der Waals surface area (Å²) in [4.78, 5) is 30.5. The number of para-hydroxylation sites is 1. The fraction of sp³-hybridized carbons (Fsp3) is 0.375. The number of aryl methyl sites for hydroxylation is 1. The summed E-state index contributed by atoms with van der Waals surface area (Å²) in [5.74, 6) is -0.261. The second-order valence-electron chi connectivity index (χ2n) is 7.66. The summed E-state index contributed by atoms with van der Waals surface area (Å²) in [5, 5.41) is 1.11. The Balaban J connectivity index is 0.000000994. The number of nitrogens with zero attached hydrogens (tertiary/aromatic N) is 2. The number of esters is 1. The molecule has 0 spiro atoms. The first-order valence-corrected chi connectivity index (χ1v) is 10.3. The molecule has 2 aromatic heterocycles. The van der Waals surface area contributed by atoms with Gasteiger partial charge in [-0.2, -0.15) is 0 Å². The van der Waals surface area contributed by atoms with Crippen LogP contribution in [0, 0.1) is 6.92 Å². The van der Waals surface area contributed by atoms with Gasteiger partial charge in [0, 0.05) is 10.9 Å². The summed E-state index contributed by atoms with van der Waals surface area (Å²) in [7, 11) is 0. The van der Waals surface area contributed by atoms with Crippen LogP contribution in [-0.2, 0) is 28.1 Å². The maximum absolute atomic E-state index is 13.2. The average Bonchev–Trinajstić information content (AvgIpc) is 3.12. The minimum Gasteiger partial charge on any atom is -0.460 e. The van der Waals surface area contributed by atoms with Gasteiger partial charge in [-0.3, -0.25) is 9.59 Å². The second kappa shape index (κ2) is 6.83. The molecule has 0 saturated carbocycles. The largest absolute Gasteiger partial charge is 0.460 e. The van der Waals surface area contributed by atoms with E-state index >= 15 is 0 Å². The summed E-state index contributed by atoms with van der Waals surface area (Å²) in [5.41, 5.74) is 5.33. The van der Waals surface area contributed by atoms with Crippen molar-refractivity contribution in [2.24, 2.45) is 0 Å². The van der Waals surface area contributed by atoms with Gasteiger partial charge >= 0.3 is 5.97 Å². The highest BCUT2D eigenvalue weighted by molar-refractivity contribution is 5.89. The van der Waals surface area contributed by atoms with Crippen LogP contribution in [0.3, 0.4) is 0 Å². The summed E-state index contributed by atoms with van der Waals surface area (Å²) < 4.78 is 7.12. The number of benzene rings is 1. The Bertz CT molecular complexity index is 1210. The van der Waals surface area contributed by atoms with Crippen molar-refractivity contribution in [3.63, 3.8) is 0 Å². The molecule has 0 bridgehead atoms. The van der Waals surface area contributed by atoms with Crippen LogP contribution < -0.4 is 5.56 Å². The quantitative estimate of drug-likeness (QED) is 0.450. The van der Waals surface area contributed by atoms with Gasteiger partial charge in [-0.1, -0.05) is 39.0 Å². The minimum atomic E-state index is -0.795. The van der Waals surface area contributed by atoms with Crippen LogP contribution in [0.15, 0.2) is 35.1 Å². The number of hydrogen-bond acceptors (Lipinski definition) is 4. The molecule has 1 atom stereocenters. The molecule has 5 nitrogen and oxygen atoms in total. The lowest BCUT2D eigenvalue weighted by molar-refractivity contribution is -0.153. The third kappa shape index (κ3) is 2.56. The van der Waals surface area contributed by atoms with Gasteiger partial charge in [-0.05, 0) is 43.5 Å². The van der Waals surface area contributed by atoms with E-state index in [2.05, 4.69) is 13.0 Å². The number of ether oxygens (including phenoxy) is 1. The highest BCUT2D eigenvalue weighted by Crippen LogP contribution is 2.40. The molecular formula is C24H26N2O3. The third-order valence-electron chi connectivity index (χ3n) is 6.34. The Morgan fingerprint density at radius 3 is 2.62 bits per heavy atom. The smallest absolute Gasteiger partial charge is 0.316 e. The van der Waals surface area contributed by atoms with Crippen molar-refractivity contribution >= 4 is 16.9 Å². The van der Waals surface area contributed by atoms with Crippen molar-refractivity contribution in [3.8, 4) is 11.4 Å². The van der Waals surface area contributed by atoms with Crippen molar-refractivity contribution in [1.29, 1.82) is 0 Å². The van der Waals surface area contributed by atoms with E-state index in [9.17, 15) is 9.59 Å². The van der Waals surface area contributed by atoms with Crippen LogP contribution in [0.25, 0.3) is 22.3 Å². The highest BCUT2D eigenvalue weighted by atomic mass is 16.5. The van der Waals surface area contributed by atoms with Crippen LogP contribution in [-0.4, -0.2) is 15.5 Å². The summed E-state index contributed by atoms with van der Waals surface area (Å²) >= 11 is 0. The van der Waals surface area contributed by atoms with Crippen LogP contribution in [0.2, 0.25) is 0 Å². The first-order chi connectivity index (χ1) is 14.0. The molecule has 1 aromatic carbocycles. The molecule has 0 unspecified atom stereocenters. The molecular weight excluding hydrogens is 364 g/mol. The van der Waals surface area contributed by atoms with Gasteiger partial charge in [0.15, 0.2) is 0 Å². The summed E-state index contributed by atoms with van der Waals surface area (Å²) in [6.45, 7) is 10.5. The molecule has 5 rings (SSSR count). The fourth-order valence-electron chi connectivity index (χ4n) is 4.40. The van der Waals surface area contributed by atoms with E-state index in [0.717, 1.165) is 39.0 Å². The molecule has 2 aliphatic rings. The number of hydrogen-bond donors (Lipinski definition) is 0. The lowest BCUT2D eigenvalue weighted by atomic mass is 9.76. The Morgan fingerprint density at radius 1 is 1.17 bits per heavy atom. The predicted octanol–water partition coefficient (Wildman–Crippen LogP) is 4.48. The molecule has 3 aromatic rings. The van der Waals surface area contributed by atoms with E-state index in [1.807, 2.05) is 52.0 Å². The number of cyclic esters (lactones) is 1. The van der Waals surface area contributed by atoms with Crippen LogP contribution in [0.5, 0.6) is 0 Å². The van der Waals surface area contributed by atoms with Crippen LogP contribution in [0.1, 0.15) is 56.4 Å². The van der Waals surface area contributed by atoms with Crippen molar-refractivity contribution in [3.05, 3.63) is 62.9 Å². The van der Waals surface area contributed by atoms with Gasteiger partial charge in [-0.25, -0.2) is 4.98 Å². The number of carbonyl (C=O) groups is 1. The van der Waals surface area contributed by atoms with Crippen LogP contribution in [0.4, 0.5) is 0 Å². The lowest BCUT2D eigenvalue weighted by Crippen LogP contribution is -2.42. The maximum Gasteiger partial charge on any atom is 0.316 e. The predicted molar refractivity (Wildman–Crippen MR) is 114 cm³/mol. The summed E-state index contributed by atoms with van der Waals surface area (Å²) in [6.07, 6.45) is 0.582. The fourth-order valence-corrected chi connectivity index (χ4v) is 4.40. The van der Waals surface area contributed by atoms with Crippen LogP contribution >= 0.6 is 0 Å². The average molecular weight is 390 g/mol. The Kier molecular flexibility index (Phi) is 4.56. The van der Waals surface area contributed by atoms with E-state index in [4.69, 9.17) is 9.72 Å². The van der Waals surface area contributed by atoms with Gasteiger partial charge in [0.2, 0.25) is 0 Å². The molecule has 2 aliphatic heterocycles. The SMILES string of the molecule is CC.CC[C@@]1(C)C(=O)OCc2c1cc1n(c2=O)Cc2c-1nc1ccccc1c2C. The Morgan fingerprint density at radius 2 is 1.90 bits per heavy atom. The van der Waals surface area contributed by atoms with Gasteiger partial charge in [0.1, 0.15) is 6.61 Å². The second-order valence-corrected chi connectivity index (χ2v) is 7.66. The van der Waals surface area contributed by atoms with Crippen molar-refractivity contribution in [2.45, 2.75) is 59.6 Å². The molecule has 150 valence electrons. The molecule has 0 N–H and O–H groups in total. The zero-order valence-corrected chi connectivity index (χ0v) is 17.6. The molecule has 0 radical (unpaired) electrons. The van der Waals surface area contributed by atoms with Gasteiger partial charge < -0.3 is 9.30 Å². The Labute approximate surface area is 170 Å². The molecule has 0 aliphatic carbocycles. The lowest BCUT2D eigenvalue weighted by Gasteiger charge is -2.33. The van der Waals surface area contributed by atoms with Crippen molar-refractivity contribution in [2.75, 3.05) is 0 Å². The van der Waals surface area contributed by atoms with Crippen molar-refractivity contribution in [1.82, 2.24) is 9.55 Å². The molecule has 0 fully saturated rings. The normalized spacial score (nSPS) is 19.0. The third-order valence-corrected chi connectivity index (χ3v) is 6.34. The monoisotopic (exact) mass is 390 g/mol. The highest BCUT2D eigenvalue weighted by Gasteiger charge is 2.43.